The van der Waals surface area contributed by atoms with Gasteiger partial charge in [-0.25, -0.2) is 8.42 Å². The average Bonchev–Trinajstić information content (AvgIpc) is 2.78. The molecule has 1 fully saturated rings. The van der Waals surface area contributed by atoms with Crippen molar-refractivity contribution in [3.05, 3.63) is 66.2 Å². The van der Waals surface area contributed by atoms with Crippen LogP contribution in [0.5, 0.6) is 5.75 Å². The highest BCUT2D eigenvalue weighted by Crippen LogP contribution is 2.36. The Hall–Kier alpha value is -3.10. The number of hydrogen-bond donors (Lipinski definition) is 2. The molecular weight excluding hydrogens is 414 g/mol. The third-order valence-electron chi connectivity index (χ3n) is 6.12. The molecular formula is C23H23N3O4S. The van der Waals surface area contributed by atoms with Crippen molar-refractivity contribution in [2.24, 2.45) is 0 Å². The fourth-order valence-electron chi connectivity index (χ4n) is 4.52. The number of benzene rings is 3. The van der Waals surface area contributed by atoms with Gasteiger partial charge in [0.15, 0.2) is 0 Å². The van der Waals surface area contributed by atoms with Crippen molar-refractivity contribution >= 4 is 32.4 Å². The highest BCUT2D eigenvalue weighted by molar-refractivity contribution is 7.89. The molecule has 3 aromatic rings. The monoisotopic (exact) mass is 437 g/mol. The molecule has 0 radical (unpaired) electrons. The first-order chi connectivity index (χ1) is 14.9. The Morgan fingerprint density at radius 2 is 1.65 bits per heavy atom. The lowest BCUT2D eigenvalue weighted by atomic mass is 9.95. The minimum atomic E-state index is -3.61. The predicted molar refractivity (Wildman–Crippen MR) is 119 cm³/mol. The quantitative estimate of drug-likeness (QED) is 0.643. The summed E-state index contributed by atoms with van der Waals surface area (Å²) in [6.45, 7) is 0.883. The SMILES string of the molecule is COc1ccc(C(=O)N2CCC3(CC2)Nc2ccccc2S(=O)(=O)N3)c2ccccc12. The molecule has 1 amide bonds. The number of sulfonamides is 1. The van der Waals surface area contributed by atoms with Gasteiger partial charge in [-0.2, -0.15) is 4.72 Å². The van der Waals surface area contributed by atoms with Gasteiger partial charge >= 0.3 is 0 Å². The van der Waals surface area contributed by atoms with E-state index in [0.717, 1.165) is 16.5 Å². The van der Waals surface area contributed by atoms with Crippen LogP contribution in [0.15, 0.2) is 65.6 Å². The Morgan fingerprint density at radius 1 is 0.968 bits per heavy atom. The molecule has 7 nitrogen and oxygen atoms in total. The van der Waals surface area contributed by atoms with Crippen LogP contribution in [0, 0.1) is 0 Å². The second kappa shape index (κ2) is 7.25. The molecule has 0 bridgehead atoms. The zero-order chi connectivity index (χ0) is 21.6. The maximum absolute atomic E-state index is 13.3. The van der Waals surface area contributed by atoms with Crippen molar-refractivity contribution < 1.29 is 17.9 Å². The lowest BCUT2D eigenvalue weighted by Gasteiger charge is -2.45. The zero-order valence-corrected chi connectivity index (χ0v) is 17.9. The van der Waals surface area contributed by atoms with Crippen LogP contribution in [0.25, 0.3) is 10.8 Å². The van der Waals surface area contributed by atoms with Crippen LogP contribution in [0.1, 0.15) is 23.2 Å². The van der Waals surface area contributed by atoms with E-state index < -0.39 is 15.7 Å². The zero-order valence-electron chi connectivity index (χ0n) is 17.1. The van der Waals surface area contributed by atoms with Crippen LogP contribution in [0.2, 0.25) is 0 Å². The Morgan fingerprint density at radius 3 is 2.39 bits per heavy atom. The third-order valence-corrected chi connectivity index (χ3v) is 7.71. The van der Waals surface area contributed by atoms with Gasteiger partial charge in [0.25, 0.3) is 5.91 Å². The topological polar surface area (TPSA) is 87.7 Å². The van der Waals surface area contributed by atoms with Gasteiger partial charge < -0.3 is 15.0 Å². The van der Waals surface area contributed by atoms with Crippen molar-refractivity contribution in [2.75, 3.05) is 25.5 Å². The molecule has 2 aliphatic rings. The number of nitrogens with zero attached hydrogens (tertiary/aromatic N) is 1. The summed E-state index contributed by atoms with van der Waals surface area (Å²) in [6, 6.07) is 18.2. The molecule has 0 unspecified atom stereocenters. The molecule has 3 aromatic carbocycles. The Kier molecular flexibility index (Phi) is 4.64. The van der Waals surface area contributed by atoms with Crippen LogP contribution in [-0.4, -0.2) is 45.1 Å². The molecule has 2 heterocycles. The van der Waals surface area contributed by atoms with E-state index in [1.54, 1.807) is 36.3 Å². The van der Waals surface area contributed by atoms with Crippen LogP contribution >= 0.6 is 0 Å². The molecule has 5 rings (SSSR count). The van der Waals surface area contributed by atoms with Gasteiger partial charge in [-0.05, 0) is 29.7 Å². The number of nitrogens with one attached hydrogen (secondary N) is 2. The molecule has 2 N–H and O–H groups in total. The van der Waals surface area contributed by atoms with Crippen molar-refractivity contribution in [3.63, 3.8) is 0 Å². The van der Waals surface area contributed by atoms with Crippen LogP contribution in [0.3, 0.4) is 0 Å². The van der Waals surface area contributed by atoms with Gasteiger partial charge in [0, 0.05) is 36.9 Å². The molecule has 0 aliphatic carbocycles. The van der Waals surface area contributed by atoms with Gasteiger partial charge in [0.2, 0.25) is 10.0 Å². The number of ether oxygens (including phenoxy) is 1. The van der Waals surface area contributed by atoms with E-state index in [4.69, 9.17) is 4.74 Å². The van der Waals surface area contributed by atoms with Crippen LogP contribution in [0.4, 0.5) is 5.69 Å². The van der Waals surface area contributed by atoms with E-state index in [0.29, 0.717) is 37.2 Å². The lowest BCUT2D eigenvalue weighted by Crippen LogP contribution is -2.62. The Labute approximate surface area is 181 Å². The normalized spacial score (nSPS) is 18.9. The lowest BCUT2D eigenvalue weighted by molar-refractivity contribution is 0.0678. The summed E-state index contributed by atoms with van der Waals surface area (Å²) < 4.78 is 33.7. The number of hydrogen-bond acceptors (Lipinski definition) is 5. The number of piperidine rings is 1. The summed E-state index contributed by atoms with van der Waals surface area (Å²) in [5.74, 6) is 0.664. The standard InChI is InChI=1S/C23H23N3O4S/c1-30-20-11-10-18(16-6-2-3-7-17(16)20)22(27)26-14-12-23(13-15-26)24-19-8-4-5-9-21(19)31(28,29)25-23/h2-11,24-25H,12-15H2,1H3. The van der Waals surface area contributed by atoms with E-state index in [2.05, 4.69) is 10.0 Å². The molecule has 31 heavy (non-hydrogen) atoms. The second-order valence-corrected chi connectivity index (χ2v) is 9.61. The van der Waals surface area contributed by atoms with E-state index >= 15 is 0 Å². The van der Waals surface area contributed by atoms with Gasteiger partial charge in [-0.1, -0.05) is 36.4 Å². The maximum atomic E-state index is 13.3. The first kappa shape index (κ1) is 19.8. The molecule has 1 saturated heterocycles. The number of amides is 1. The number of carbonyl (C=O) groups is 1. The number of methoxy groups -OCH3 is 1. The smallest absolute Gasteiger partial charge is 0.254 e. The third kappa shape index (κ3) is 3.32. The predicted octanol–water partition coefficient (Wildman–Crippen LogP) is 3.18. The first-order valence-electron chi connectivity index (χ1n) is 10.2. The summed E-state index contributed by atoms with van der Waals surface area (Å²) in [6.07, 6.45) is 0.945. The summed E-state index contributed by atoms with van der Waals surface area (Å²) >= 11 is 0. The number of carbonyl (C=O) groups excluding carboxylic acids is 1. The van der Waals surface area contributed by atoms with E-state index in [1.807, 2.05) is 36.4 Å². The van der Waals surface area contributed by atoms with Gasteiger partial charge in [-0.15, -0.1) is 0 Å². The van der Waals surface area contributed by atoms with E-state index in [-0.39, 0.29) is 10.8 Å². The molecule has 0 saturated carbocycles. The average molecular weight is 438 g/mol. The van der Waals surface area contributed by atoms with Crippen molar-refractivity contribution in [1.82, 2.24) is 9.62 Å². The molecule has 2 aliphatic heterocycles. The summed E-state index contributed by atoms with van der Waals surface area (Å²) in [5, 5.41) is 5.10. The number of likely N-dealkylation sites (tertiary alicyclic amines) is 1. The van der Waals surface area contributed by atoms with Crippen LogP contribution < -0.4 is 14.8 Å². The fourth-order valence-corrected chi connectivity index (χ4v) is 6.07. The van der Waals surface area contributed by atoms with Gasteiger partial charge in [-0.3, -0.25) is 4.79 Å². The minimum Gasteiger partial charge on any atom is -0.496 e. The minimum absolute atomic E-state index is 0.0623. The summed E-state index contributed by atoms with van der Waals surface area (Å²) in [7, 11) is -1.99. The van der Waals surface area contributed by atoms with Crippen molar-refractivity contribution in [1.29, 1.82) is 0 Å². The Balaban J connectivity index is 1.40. The summed E-state index contributed by atoms with van der Waals surface area (Å²) in [4.78, 5) is 15.4. The van der Waals surface area contributed by atoms with Crippen molar-refractivity contribution in [2.45, 2.75) is 23.4 Å². The van der Waals surface area contributed by atoms with Crippen LogP contribution in [-0.2, 0) is 10.0 Å². The molecule has 0 aromatic heterocycles. The number of anilines is 1. The first-order valence-corrected chi connectivity index (χ1v) is 11.7. The van der Waals surface area contributed by atoms with Gasteiger partial charge in [0.05, 0.1) is 12.8 Å². The second-order valence-electron chi connectivity index (χ2n) is 7.96. The van der Waals surface area contributed by atoms with Crippen molar-refractivity contribution in [3.8, 4) is 5.75 Å². The summed E-state index contributed by atoms with van der Waals surface area (Å²) in [5.41, 5.74) is 0.434. The molecule has 8 heteroatoms. The number of fused-ring (bicyclic) bond motifs is 2. The van der Waals surface area contributed by atoms with E-state index in [1.165, 1.54) is 0 Å². The molecule has 160 valence electrons. The highest BCUT2D eigenvalue weighted by atomic mass is 32.2. The maximum Gasteiger partial charge on any atom is 0.254 e. The number of rotatable bonds is 2. The van der Waals surface area contributed by atoms with Gasteiger partial charge in [0.1, 0.15) is 16.3 Å². The fraction of sp³-hybridized carbons (Fsp3) is 0.261. The Bertz CT molecular complexity index is 1280. The largest absolute Gasteiger partial charge is 0.496 e. The molecule has 1 spiro atoms. The highest BCUT2D eigenvalue weighted by Gasteiger charge is 2.43. The van der Waals surface area contributed by atoms with E-state index in [9.17, 15) is 13.2 Å². The number of para-hydroxylation sites is 1. The molecule has 0 atom stereocenters.